The predicted octanol–water partition coefficient (Wildman–Crippen LogP) is 4.29. The van der Waals surface area contributed by atoms with Crippen molar-refractivity contribution in [3.63, 3.8) is 0 Å². The Bertz CT molecular complexity index is 635. The SMILES string of the molecule is CCC(C)NCc1c(OCC2CCCO2)ccc2ccccc12. The first-order chi connectivity index (χ1) is 11.3. The van der Waals surface area contributed by atoms with Gasteiger partial charge >= 0.3 is 0 Å². The molecule has 23 heavy (non-hydrogen) atoms. The van der Waals surface area contributed by atoms with Gasteiger partial charge in [-0.1, -0.05) is 37.3 Å². The molecule has 2 aromatic rings. The standard InChI is InChI=1S/C20H27NO2/c1-3-15(2)21-13-19-18-9-5-4-7-16(18)10-11-20(19)23-14-17-8-6-12-22-17/h4-5,7,9-11,15,17,21H,3,6,8,12-14H2,1-2H3. The summed E-state index contributed by atoms with van der Waals surface area (Å²) in [5.41, 5.74) is 1.25. The molecule has 0 aromatic heterocycles. The molecule has 2 unspecified atom stereocenters. The Balaban J connectivity index is 1.82. The second-order valence-corrected chi connectivity index (χ2v) is 6.40. The molecule has 0 radical (unpaired) electrons. The van der Waals surface area contributed by atoms with Crippen molar-refractivity contribution in [3.8, 4) is 5.75 Å². The molecule has 2 aromatic carbocycles. The molecular formula is C20H27NO2. The molecule has 0 amide bonds. The summed E-state index contributed by atoms with van der Waals surface area (Å²) < 4.78 is 11.8. The fourth-order valence-electron chi connectivity index (χ4n) is 3.01. The van der Waals surface area contributed by atoms with Crippen LogP contribution in [0.4, 0.5) is 0 Å². The fraction of sp³-hybridized carbons (Fsp3) is 0.500. The van der Waals surface area contributed by atoms with Crippen LogP contribution >= 0.6 is 0 Å². The normalized spacial score (nSPS) is 19.1. The number of rotatable bonds is 7. The van der Waals surface area contributed by atoms with E-state index in [2.05, 4.69) is 55.6 Å². The lowest BCUT2D eigenvalue weighted by Crippen LogP contribution is -2.25. The monoisotopic (exact) mass is 313 g/mol. The minimum atomic E-state index is 0.247. The van der Waals surface area contributed by atoms with Gasteiger partial charge in [0.2, 0.25) is 0 Å². The number of hydrogen-bond acceptors (Lipinski definition) is 3. The highest BCUT2D eigenvalue weighted by molar-refractivity contribution is 5.87. The summed E-state index contributed by atoms with van der Waals surface area (Å²) in [6.45, 7) is 6.77. The van der Waals surface area contributed by atoms with E-state index in [1.165, 1.54) is 16.3 Å². The topological polar surface area (TPSA) is 30.5 Å². The molecule has 1 N–H and O–H groups in total. The van der Waals surface area contributed by atoms with Gasteiger partial charge < -0.3 is 14.8 Å². The van der Waals surface area contributed by atoms with Crippen LogP contribution in [0.25, 0.3) is 10.8 Å². The minimum Gasteiger partial charge on any atom is -0.491 e. The first-order valence-corrected chi connectivity index (χ1v) is 8.76. The number of hydrogen-bond donors (Lipinski definition) is 1. The lowest BCUT2D eigenvalue weighted by molar-refractivity contribution is 0.0676. The van der Waals surface area contributed by atoms with Gasteiger partial charge in [0, 0.05) is 24.8 Å². The van der Waals surface area contributed by atoms with Crippen LogP contribution < -0.4 is 10.1 Å². The van der Waals surface area contributed by atoms with Crippen molar-refractivity contribution in [1.29, 1.82) is 0 Å². The molecule has 0 bridgehead atoms. The van der Waals surface area contributed by atoms with Crippen molar-refractivity contribution >= 4 is 10.8 Å². The molecule has 3 heteroatoms. The molecule has 3 nitrogen and oxygen atoms in total. The first-order valence-electron chi connectivity index (χ1n) is 8.76. The molecule has 3 rings (SSSR count). The Morgan fingerprint density at radius 2 is 2.13 bits per heavy atom. The van der Waals surface area contributed by atoms with Crippen LogP contribution in [0.5, 0.6) is 5.75 Å². The van der Waals surface area contributed by atoms with E-state index in [-0.39, 0.29) is 6.10 Å². The van der Waals surface area contributed by atoms with E-state index in [0.717, 1.165) is 38.2 Å². The Hall–Kier alpha value is -1.58. The summed E-state index contributed by atoms with van der Waals surface area (Å²) in [5.74, 6) is 0.981. The van der Waals surface area contributed by atoms with Crippen LogP contribution in [0.3, 0.4) is 0 Å². The zero-order valence-electron chi connectivity index (χ0n) is 14.2. The summed E-state index contributed by atoms with van der Waals surface area (Å²) >= 11 is 0. The third kappa shape index (κ3) is 4.04. The second kappa shape index (κ2) is 7.80. The average molecular weight is 313 g/mol. The zero-order chi connectivity index (χ0) is 16.1. The van der Waals surface area contributed by atoms with E-state index in [9.17, 15) is 0 Å². The van der Waals surface area contributed by atoms with Crippen molar-refractivity contribution in [2.45, 2.75) is 51.8 Å². The van der Waals surface area contributed by atoms with E-state index >= 15 is 0 Å². The summed E-state index contributed by atoms with van der Waals surface area (Å²) in [4.78, 5) is 0. The van der Waals surface area contributed by atoms with Crippen molar-refractivity contribution in [1.82, 2.24) is 5.32 Å². The molecule has 124 valence electrons. The van der Waals surface area contributed by atoms with Gasteiger partial charge in [0.15, 0.2) is 0 Å². The van der Waals surface area contributed by atoms with Gasteiger partial charge in [-0.25, -0.2) is 0 Å². The molecule has 0 saturated carbocycles. The Morgan fingerprint density at radius 3 is 2.91 bits per heavy atom. The molecule has 1 aliphatic rings. The maximum Gasteiger partial charge on any atom is 0.124 e. The number of benzene rings is 2. The highest BCUT2D eigenvalue weighted by Crippen LogP contribution is 2.29. The third-order valence-electron chi connectivity index (χ3n) is 4.69. The van der Waals surface area contributed by atoms with E-state index in [1.807, 2.05) is 0 Å². The number of ether oxygens (including phenoxy) is 2. The highest BCUT2D eigenvalue weighted by Gasteiger charge is 2.17. The summed E-state index contributed by atoms with van der Waals surface area (Å²) in [5, 5.41) is 6.13. The van der Waals surface area contributed by atoms with Gasteiger partial charge in [-0.3, -0.25) is 0 Å². The second-order valence-electron chi connectivity index (χ2n) is 6.40. The van der Waals surface area contributed by atoms with E-state index in [4.69, 9.17) is 9.47 Å². The lowest BCUT2D eigenvalue weighted by Gasteiger charge is -2.18. The van der Waals surface area contributed by atoms with Gasteiger partial charge in [-0.05, 0) is 43.0 Å². The minimum absolute atomic E-state index is 0.247. The largest absolute Gasteiger partial charge is 0.491 e. The third-order valence-corrected chi connectivity index (χ3v) is 4.69. The Morgan fingerprint density at radius 1 is 1.26 bits per heavy atom. The van der Waals surface area contributed by atoms with Gasteiger partial charge in [0.1, 0.15) is 12.4 Å². The quantitative estimate of drug-likeness (QED) is 0.827. The van der Waals surface area contributed by atoms with Crippen molar-refractivity contribution < 1.29 is 9.47 Å². The van der Waals surface area contributed by atoms with Crippen LogP contribution in [0.15, 0.2) is 36.4 Å². The lowest BCUT2D eigenvalue weighted by atomic mass is 10.0. The maximum atomic E-state index is 6.13. The zero-order valence-corrected chi connectivity index (χ0v) is 14.2. The molecule has 2 atom stereocenters. The van der Waals surface area contributed by atoms with Gasteiger partial charge in [0.25, 0.3) is 0 Å². The summed E-state index contributed by atoms with van der Waals surface area (Å²) in [6, 6.07) is 13.3. The van der Waals surface area contributed by atoms with Crippen LogP contribution in [0.1, 0.15) is 38.7 Å². The molecule has 0 aliphatic carbocycles. The molecule has 1 saturated heterocycles. The van der Waals surface area contributed by atoms with E-state index in [0.29, 0.717) is 12.6 Å². The predicted molar refractivity (Wildman–Crippen MR) is 95.0 cm³/mol. The van der Waals surface area contributed by atoms with Crippen molar-refractivity contribution in [3.05, 3.63) is 42.0 Å². The molecule has 1 fully saturated rings. The molecule has 0 spiro atoms. The number of fused-ring (bicyclic) bond motifs is 1. The van der Waals surface area contributed by atoms with Crippen LogP contribution in [-0.2, 0) is 11.3 Å². The average Bonchev–Trinajstić information content (AvgIpc) is 3.11. The van der Waals surface area contributed by atoms with E-state index < -0.39 is 0 Å². The van der Waals surface area contributed by atoms with Crippen LogP contribution in [0, 0.1) is 0 Å². The van der Waals surface area contributed by atoms with Crippen molar-refractivity contribution in [2.75, 3.05) is 13.2 Å². The van der Waals surface area contributed by atoms with Gasteiger partial charge in [-0.15, -0.1) is 0 Å². The van der Waals surface area contributed by atoms with Gasteiger partial charge in [-0.2, -0.15) is 0 Å². The van der Waals surface area contributed by atoms with Crippen LogP contribution in [0.2, 0.25) is 0 Å². The maximum absolute atomic E-state index is 6.13. The summed E-state index contributed by atoms with van der Waals surface area (Å²) in [6.07, 6.45) is 3.62. The smallest absolute Gasteiger partial charge is 0.124 e. The Kier molecular flexibility index (Phi) is 5.52. The molecule has 1 heterocycles. The highest BCUT2D eigenvalue weighted by atomic mass is 16.5. The summed E-state index contributed by atoms with van der Waals surface area (Å²) in [7, 11) is 0. The molecule has 1 aliphatic heterocycles. The van der Waals surface area contributed by atoms with Crippen molar-refractivity contribution in [2.24, 2.45) is 0 Å². The number of nitrogens with one attached hydrogen (secondary N) is 1. The van der Waals surface area contributed by atoms with Crippen LogP contribution in [-0.4, -0.2) is 25.4 Å². The fourth-order valence-corrected chi connectivity index (χ4v) is 3.01. The van der Waals surface area contributed by atoms with Gasteiger partial charge in [0.05, 0.1) is 6.10 Å². The van der Waals surface area contributed by atoms with E-state index in [1.54, 1.807) is 0 Å². The Labute approximate surface area is 139 Å². The first kappa shape index (κ1) is 16.3. The molecular weight excluding hydrogens is 286 g/mol.